The lowest BCUT2D eigenvalue weighted by Crippen LogP contribution is -2.22. The maximum atomic E-state index is 13.3. The molecule has 1 heterocycles. The van der Waals surface area contributed by atoms with Crippen LogP contribution >= 0.6 is 0 Å². The lowest BCUT2D eigenvalue weighted by atomic mass is 9.95. The lowest BCUT2D eigenvalue weighted by molar-refractivity contribution is -0.138. The molecule has 0 saturated heterocycles. The average Bonchev–Trinajstić information content (AvgIpc) is 2.43. The predicted octanol–water partition coefficient (Wildman–Crippen LogP) is 3.86. The van der Waals surface area contributed by atoms with Crippen molar-refractivity contribution in [3.63, 3.8) is 0 Å². The summed E-state index contributed by atoms with van der Waals surface area (Å²) in [6, 6.07) is 4.48. The lowest BCUT2D eigenvalue weighted by Gasteiger charge is -2.21. The number of aryl methyl sites for hydroxylation is 1. The van der Waals surface area contributed by atoms with Crippen molar-refractivity contribution in [3.05, 3.63) is 64.7 Å². The third kappa shape index (κ3) is 3.21. The number of halogens is 4. The highest BCUT2D eigenvalue weighted by atomic mass is 19.4. The van der Waals surface area contributed by atoms with Gasteiger partial charge in [-0.25, -0.2) is 4.39 Å². The van der Waals surface area contributed by atoms with E-state index in [0.717, 1.165) is 12.3 Å². The summed E-state index contributed by atoms with van der Waals surface area (Å²) in [5.74, 6) is -0.393. The SMILES string of the molecule is CNC(c1ccc(F)c(C)c1)c1cnccc1C(F)(F)F. The molecule has 0 radical (unpaired) electrons. The van der Waals surface area contributed by atoms with Gasteiger partial charge in [0.1, 0.15) is 5.82 Å². The molecule has 1 N–H and O–H groups in total. The van der Waals surface area contributed by atoms with Crippen molar-refractivity contribution >= 4 is 0 Å². The minimum atomic E-state index is -4.47. The Balaban J connectivity index is 2.54. The van der Waals surface area contributed by atoms with E-state index in [1.807, 2.05) is 0 Å². The maximum absolute atomic E-state index is 13.3. The molecule has 2 aromatic rings. The zero-order valence-electron chi connectivity index (χ0n) is 11.5. The van der Waals surface area contributed by atoms with E-state index in [1.165, 1.54) is 24.4 Å². The van der Waals surface area contributed by atoms with Crippen LogP contribution < -0.4 is 5.32 Å². The van der Waals surface area contributed by atoms with Crippen molar-refractivity contribution < 1.29 is 17.6 Å². The maximum Gasteiger partial charge on any atom is 0.416 e. The first kappa shape index (κ1) is 15.4. The Kier molecular flexibility index (Phi) is 4.27. The van der Waals surface area contributed by atoms with Gasteiger partial charge in [0, 0.05) is 18.0 Å². The fourth-order valence-corrected chi connectivity index (χ4v) is 2.24. The number of nitrogens with one attached hydrogen (secondary N) is 1. The molecule has 112 valence electrons. The van der Waals surface area contributed by atoms with Gasteiger partial charge in [0.05, 0.1) is 11.6 Å². The molecular weight excluding hydrogens is 284 g/mol. The molecular formula is C15H14F4N2. The summed E-state index contributed by atoms with van der Waals surface area (Å²) in [6.07, 6.45) is -2.18. The van der Waals surface area contributed by atoms with Crippen LogP contribution in [0.1, 0.15) is 28.3 Å². The van der Waals surface area contributed by atoms with E-state index < -0.39 is 23.6 Å². The number of nitrogens with zero attached hydrogens (tertiary/aromatic N) is 1. The number of pyridine rings is 1. The minimum Gasteiger partial charge on any atom is -0.309 e. The average molecular weight is 298 g/mol. The summed E-state index contributed by atoms with van der Waals surface area (Å²) in [6.45, 7) is 1.57. The Bertz CT molecular complexity index is 638. The van der Waals surface area contributed by atoms with Crippen LogP contribution in [0.15, 0.2) is 36.7 Å². The number of hydrogen-bond donors (Lipinski definition) is 1. The van der Waals surface area contributed by atoms with Crippen molar-refractivity contribution in [2.45, 2.75) is 19.1 Å². The van der Waals surface area contributed by atoms with Crippen LogP contribution in [0.2, 0.25) is 0 Å². The summed E-state index contributed by atoms with van der Waals surface area (Å²) >= 11 is 0. The molecule has 2 nitrogen and oxygen atoms in total. The van der Waals surface area contributed by atoms with Crippen molar-refractivity contribution in [1.82, 2.24) is 10.3 Å². The highest BCUT2D eigenvalue weighted by Gasteiger charge is 2.35. The second-order valence-corrected chi connectivity index (χ2v) is 4.69. The van der Waals surface area contributed by atoms with Gasteiger partial charge in [0.2, 0.25) is 0 Å². The van der Waals surface area contributed by atoms with Crippen LogP contribution in [0.4, 0.5) is 17.6 Å². The predicted molar refractivity (Wildman–Crippen MR) is 71.3 cm³/mol. The zero-order valence-corrected chi connectivity index (χ0v) is 11.5. The zero-order chi connectivity index (χ0) is 15.6. The van der Waals surface area contributed by atoms with Gasteiger partial charge in [-0.3, -0.25) is 4.98 Å². The molecule has 21 heavy (non-hydrogen) atoms. The van der Waals surface area contributed by atoms with Gasteiger partial charge in [-0.1, -0.05) is 12.1 Å². The van der Waals surface area contributed by atoms with Crippen molar-refractivity contribution in [2.24, 2.45) is 0 Å². The van der Waals surface area contributed by atoms with Gasteiger partial charge in [-0.05, 0) is 37.2 Å². The third-order valence-electron chi connectivity index (χ3n) is 3.27. The molecule has 0 saturated carbocycles. The van der Waals surface area contributed by atoms with E-state index in [9.17, 15) is 17.6 Å². The summed E-state index contributed by atoms with van der Waals surface area (Å²) in [4.78, 5) is 3.78. The topological polar surface area (TPSA) is 24.9 Å². The van der Waals surface area contributed by atoms with Crippen molar-refractivity contribution in [3.8, 4) is 0 Å². The monoisotopic (exact) mass is 298 g/mol. The fraction of sp³-hybridized carbons (Fsp3) is 0.267. The van der Waals surface area contributed by atoms with Crippen LogP contribution in [0.3, 0.4) is 0 Å². The van der Waals surface area contributed by atoms with Crippen LogP contribution in [0, 0.1) is 12.7 Å². The van der Waals surface area contributed by atoms with Gasteiger partial charge < -0.3 is 5.32 Å². The molecule has 0 spiro atoms. The van der Waals surface area contributed by atoms with Gasteiger partial charge in [-0.2, -0.15) is 13.2 Å². The molecule has 1 atom stereocenters. The smallest absolute Gasteiger partial charge is 0.309 e. The molecule has 1 aromatic carbocycles. The van der Waals surface area contributed by atoms with Gasteiger partial charge >= 0.3 is 6.18 Å². The van der Waals surface area contributed by atoms with Crippen LogP contribution in [-0.4, -0.2) is 12.0 Å². The Morgan fingerprint density at radius 3 is 2.48 bits per heavy atom. The van der Waals surface area contributed by atoms with Gasteiger partial charge in [0.15, 0.2) is 0 Å². The first-order chi connectivity index (χ1) is 9.84. The van der Waals surface area contributed by atoms with Crippen LogP contribution in [0.25, 0.3) is 0 Å². The number of benzene rings is 1. The Hall–Kier alpha value is -1.95. The summed E-state index contributed by atoms with van der Waals surface area (Å²) in [5.41, 5.74) is 0.192. The Labute approximate surface area is 119 Å². The van der Waals surface area contributed by atoms with Crippen molar-refractivity contribution in [1.29, 1.82) is 0 Å². The molecule has 0 aliphatic rings. The number of aromatic nitrogens is 1. The van der Waals surface area contributed by atoms with Crippen LogP contribution in [0.5, 0.6) is 0 Å². The molecule has 0 aliphatic heterocycles. The second kappa shape index (κ2) is 5.81. The molecule has 0 aliphatic carbocycles. The van der Waals surface area contributed by atoms with Crippen molar-refractivity contribution in [2.75, 3.05) is 7.05 Å². The van der Waals surface area contributed by atoms with E-state index in [2.05, 4.69) is 10.3 Å². The number of hydrogen-bond acceptors (Lipinski definition) is 2. The molecule has 0 bridgehead atoms. The molecule has 6 heteroatoms. The van der Waals surface area contributed by atoms with E-state index in [1.54, 1.807) is 14.0 Å². The molecule has 0 amide bonds. The summed E-state index contributed by atoms with van der Waals surface area (Å²) in [5, 5.41) is 2.83. The normalized spacial score (nSPS) is 13.2. The van der Waals surface area contributed by atoms with E-state index in [-0.39, 0.29) is 5.56 Å². The molecule has 2 rings (SSSR count). The summed E-state index contributed by atoms with van der Waals surface area (Å²) in [7, 11) is 1.55. The van der Waals surface area contributed by atoms with E-state index >= 15 is 0 Å². The molecule has 0 fully saturated rings. The largest absolute Gasteiger partial charge is 0.416 e. The molecule has 1 unspecified atom stereocenters. The Morgan fingerprint density at radius 1 is 1.19 bits per heavy atom. The third-order valence-corrected chi connectivity index (χ3v) is 3.27. The summed E-state index contributed by atoms with van der Waals surface area (Å²) < 4.78 is 52.6. The minimum absolute atomic E-state index is 0.0125. The number of alkyl halides is 3. The van der Waals surface area contributed by atoms with Gasteiger partial charge in [0.25, 0.3) is 0 Å². The standard InChI is InChI=1S/C15H14F4N2/c1-9-7-10(3-4-13(9)16)14(20-2)11-8-21-6-5-12(11)15(17,18)19/h3-8,14,20H,1-2H3. The van der Waals surface area contributed by atoms with Crippen LogP contribution in [-0.2, 0) is 6.18 Å². The first-order valence-electron chi connectivity index (χ1n) is 6.29. The van der Waals surface area contributed by atoms with E-state index in [4.69, 9.17) is 0 Å². The highest BCUT2D eigenvalue weighted by molar-refractivity contribution is 5.38. The first-order valence-corrected chi connectivity index (χ1v) is 6.29. The molecule has 1 aromatic heterocycles. The fourth-order valence-electron chi connectivity index (χ4n) is 2.24. The quantitative estimate of drug-likeness (QED) is 0.870. The Morgan fingerprint density at radius 2 is 1.90 bits per heavy atom. The highest BCUT2D eigenvalue weighted by Crippen LogP contribution is 2.36. The van der Waals surface area contributed by atoms with E-state index in [0.29, 0.717) is 11.1 Å². The van der Waals surface area contributed by atoms with Gasteiger partial charge in [-0.15, -0.1) is 0 Å². The second-order valence-electron chi connectivity index (χ2n) is 4.69. The number of rotatable bonds is 3.